The van der Waals surface area contributed by atoms with E-state index in [4.69, 9.17) is 5.11 Å². The highest BCUT2D eigenvalue weighted by atomic mass is 16.6. The molecular weight excluding hydrogens is 372 g/mol. The summed E-state index contributed by atoms with van der Waals surface area (Å²) in [6.45, 7) is 0.788. The van der Waals surface area contributed by atoms with E-state index in [0.29, 0.717) is 31.5 Å². The molecule has 1 amide bonds. The number of benzene rings is 2. The van der Waals surface area contributed by atoms with Crippen LogP contribution >= 0.6 is 0 Å². The van der Waals surface area contributed by atoms with Crippen LogP contribution in [-0.2, 0) is 0 Å². The zero-order valence-corrected chi connectivity index (χ0v) is 15.6. The number of aromatic nitrogens is 1. The molecule has 2 aromatic carbocycles. The Labute approximate surface area is 166 Å². The number of nitro groups is 1. The first-order valence-corrected chi connectivity index (χ1v) is 9.40. The van der Waals surface area contributed by atoms with Crippen LogP contribution in [-0.4, -0.2) is 45.1 Å². The minimum atomic E-state index is -0.939. The number of carbonyl (C=O) groups is 1. The summed E-state index contributed by atoms with van der Waals surface area (Å²) in [6.07, 6.45) is 1.77. The van der Waals surface area contributed by atoms with Gasteiger partial charge in [-0.2, -0.15) is 0 Å². The molecule has 2 N–H and O–H groups in total. The third kappa shape index (κ3) is 3.82. The van der Waals surface area contributed by atoms with Crippen LogP contribution in [0.15, 0.2) is 54.7 Å². The van der Waals surface area contributed by atoms with Crippen LogP contribution in [0.3, 0.4) is 0 Å². The standard InChI is InChI=1S/C21H20N4O4/c26-21(27)24-11-8-17(9-12-24)23-20-19(25(28)29)18(7-10-22-20)16-6-5-14-3-1-2-4-15(14)13-16/h1-7,10,13,17H,8-9,11-12H2,(H,22,23)(H,26,27). The number of piperidine rings is 1. The molecule has 29 heavy (non-hydrogen) atoms. The first-order chi connectivity index (χ1) is 14.0. The fraction of sp³-hybridized carbons (Fsp3) is 0.238. The summed E-state index contributed by atoms with van der Waals surface area (Å²) in [7, 11) is 0. The van der Waals surface area contributed by atoms with Gasteiger partial charge in [-0.05, 0) is 41.3 Å². The fourth-order valence-electron chi connectivity index (χ4n) is 3.74. The molecule has 0 radical (unpaired) electrons. The zero-order valence-electron chi connectivity index (χ0n) is 15.6. The highest BCUT2D eigenvalue weighted by Gasteiger charge is 2.27. The van der Waals surface area contributed by atoms with Gasteiger partial charge in [0.1, 0.15) is 0 Å². The summed E-state index contributed by atoms with van der Waals surface area (Å²) >= 11 is 0. The second-order valence-corrected chi connectivity index (χ2v) is 7.06. The van der Waals surface area contributed by atoms with Crippen LogP contribution in [0.4, 0.5) is 16.3 Å². The number of rotatable bonds is 4. The van der Waals surface area contributed by atoms with Crippen molar-refractivity contribution in [2.75, 3.05) is 18.4 Å². The predicted molar refractivity (Wildman–Crippen MR) is 110 cm³/mol. The van der Waals surface area contributed by atoms with E-state index in [1.54, 1.807) is 12.3 Å². The topological polar surface area (TPSA) is 109 Å². The Morgan fingerprint density at radius 1 is 1.14 bits per heavy atom. The van der Waals surface area contributed by atoms with Crippen LogP contribution in [0.25, 0.3) is 21.9 Å². The smallest absolute Gasteiger partial charge is 0.407 e. The SMILES string of the molecule is O=C(O)N1CCC(Nc2nccc(-c3ccc4ccccc4c3)c2[N+](=O)[O-])CC1. The van der Waals surface area contributed by atoms with E-state index >= 15 is 0 Å². The van der Waals surface area contributed by atoms with Crippen molar-refractivity contribution in [1.82, 2.24) is 9.88 Å². The number of pyridine rings is 1. The first kappa shape index (κ1) is 18.7. The third-order valence-corrected chi connectivity index (χ3v) is 5.27. The number of nitrogens with zero attached hydrogens (tertiary/aromatic N) is 3. The number of hydrogen-bond acceptors (Lipinski definition) is 5. The fourth-order valence-corrected chi connectivity index (χ4v) is 3.74. The molecule has 0 unspecified atom stereocenters. The predicted octanol–water partition coefficient (Wildman–Crippen LogP) is 4.36. The first-order valence-electron chi connectivity index (χ1n) is 9.40. The molecule has 1 aromatic heterocycles. The maximum Gasteiger partial charge on any atom is 0.407 e. The Kier molecular flexibility index (Phi) is 4.99. The normalized spacial score (nSPS) is 14.7. The van der Waals surface area contributed by atoms with Crippen LogP contribution in [0.2, 0.25) is 0 Å². The Morgan fingerprint density at radius 2 is 1.86 bits per heavy atom. The van der Waals surface area contributed by atoms with Gasteiger partial charge in [0.2, 0.25) is 5.82 Å². The molecule has 1 aliphatic rings. The summed E-state index contributed by atoms with van der Waals surface area (Å²) in [5.41, 5.74) is 1.19. The molecule has 0 bridgehead atoms. The molecule has 3 aromatic rings. The van der Waals surface area contributed by atoms with Crippen molar-refractivity contribution in [1.29, 1.82) is 0 Å². The van der Waals surface area contributed by atoms with Gasteiger partial charge < -0.3 is 15.3 Å². The van der Waals surface area contributed by atoms with Crippen molar-refractivity contribution in [3.05, 3.63) is 64.8 Å². The molecule has 8 nitrogen and oxygen atoms in total. The van der Waals surface area contributed by atoms with Gasteiger partial charge >= 0.3 is 11.8 Å². The van der Waals surface area contributed by atoms with Gasteiger partial charge in [0.05, 0.1) is 10.5 Å². The number of hydrogen-bond donors (Lipinski definition) is 2. The van der Waals surface area contributed by atoms with Crippen LogP contribution in [0, 0.1) is 10.1 Å². The Bertz CT molecular complexity index is 1080. The molecule has 1 saturated heterocycles. The number of amides is 1. The summed E-state index contributed by atoms with van der Waals surface area (Å²) in [5, 5.41) is 26.2. The highest BCUT2D eigenvalue weighted by molar-refractivity contribution is 5.90. The molecule has 0 saturated carbocycles. The number of nitrogens with one attached hydrogen (secondary N) is 1. The molecule has 1 aliphatic heterocycles. The molecule has 0 atom stereocenters. The average Bonchev–Trinajstić information content (AvgIpc) is 2.73. The summed E-state index contributed by atoms with van der Waals surface area (Å²) < 4.78 is 0. The maximum absolute atomic E-state index is 11.9. The van der Waals surface area contributed by atoms with E-state index in [1.807, 2.05) is 42.5 Å². The molecule has 148 valence electrons. The Hall–Kier alpha value is -3.68. The summed E-state index contributed by atoms with van der Waals surface area (Å²) in [5.74, 6) is 0.217. The van der Waals surface area contributed by atoms with Gasteiger partial charge in [-0.25, -0.2) is 9.78 Å². The van der Waals surface area contributed by atoms with Crippen molar-refractivity contribution in [2.45, 2.75) is 18.9 Å². The van der Waals surface area contributed by atoms with Crippen LogP contribution in [0.1, 0.15) is 12.8 Å². The van der Waals surface area contributed by atoms with E-state index in [2.05, 4.69) is 10.3 Å². The lowest BCUT2D eigenvalue weighted by molar-refractivity contribution is -0.383. The lowest BCUT2D eigenvalue weighted by Crippen LogP contribution is -2.41. The number of anilines is 1. The molecule has 0 aliphatic carbocycles. The van der Waals surface area contributed by atoms with Gasteiger partial charge in [0.25, 0.3) is 0 Å². The average molecular weight is 392 g/mol. The minimum absolute atomic E-state index is 0.0661. The number of carboxylic acid groups (broad SMARTS) is 1. The molecule has 2 heterocycles. The minimum Gasteiger partial charge on any atom is -0.465 e. The Balaban J connectivity index is 1.66. The molecule has 1 fully saturated rings. The second-order valence-electron chi connectivity index (χ2n) is 7.06. The van der Waals surface area contributed by atoms with Crippen molar-refractivity contribution >= 4 is 28.4 Å². The van der Waals surface area contributed by atoms with Gasteiger partial charge in [0, 0.05) is 25.3 Å². The molecule has 4 rings (SSSR count). The van der Waals surface area contributed by atoms with E-state index in [1.165, 1.54) is 4.90 Å². The van der Waals surface area contributed by atoms with Crippen molar-refractivity contribution in [3.63, 3.8) is 0 Å². The van der Waals surface area contributed by atoms with E-state index in [0.717, 1.165) is 16.3 Å². The quantitative estimate of drug-likeness (QED) is 0.504. The maximum atomic E-state index is 11.9. The van der Waals surface area contributed by atoms with Gasteiger partial charge in [-0.15, -0.1) is 0 Å². The van der Waals surface area contributed by atoms with E-state index in [-0.39, 0.29) is 17.5 Å². The highest BCUT2D eigenvalue weighted by Crippen LogP contribution is 2.36. The monoisotopic (exact) mass is 392 g/mol. The lowest BCUT2D eigenvalue weighted by atomic mass is 10.00. The molecule has 8 heteroatoms. The van der Waals surface area contributed by atoms with E-state index < -0.39 is 11.0 Å². The largest absolute Gasteiger partial charge is 0.465 e. The van der Waals surface area contributed by atoms with Gasteiger partial charge in [-0.3, -0.25) is 10.1 Å². The van der Waals surface area contributed by atoms with Crippen molar-refractivity contribution in [3.8, 4) is 11.1 Å². The summed E-state index contributed by atoms with van der Waals surface area (Å²) in [4.78, 5) is 28.1. The van der Waals surface area contributed by atoms with Crippen molar-refractivity contribution < 1.29 is 14.8 Å². The van der Waals surface area contributed by atoms with Crippen LogP contribution in [0.5, 0.6) is 0 Å². The van der Waals surface area contributed by atoms with E-state index in [9.17, 15) is 14.9 Å². The van der Waals surface area contributed by atoms with Crippen LogP contribution < -0.4 is 5.32 Å². The third-order valence-electron chi connectivity index (χ3n) is 5.27. The Morgan fingerprint density at radius 3 is 2.55 bits per heavy atom. The summed E-state index contributed by atoms with van der Waals surface area (Å²) in [6, 6.07) is 15.2. The van der Waals surface area contributed by atoms with Gasteiger partial charge in [0.15, 0.2) is 0 Å². The number of fused-ring (bicyclic) bond motifs is 1. The zero-order chi connectivity index (χ0) is 20.4. The number of likely N-dealkylation sites (tertiary alicyclic amines) is 1. The molecule has 0 spiro atoms. The van der Waals surface area contributed by atoms with Crippen molar-refractivity contribution in [2.24, 2.45) is 0 Å². The lowest BCUT2D eigenvalue weighted by Gasteiger charge is -2.30. The molecular formula is C21H20N4O4. The van der Waals surface area contributed by atoms with Gasteiger partial charge in [-0.1, -0.05) is 36.4 Å². The second kappa shape index (κ2) is 7.75.